The second kappa shape index (κ2) is 18.8. The first-order valence-corrected chi connectivity index (χ1v) is 24.8. The first-order chi connectivity index (χ1) is 34.1. The van der Waals surface area contributed by atoms with Crippen LogP contribution in [-0.4, -0.2) is 19.5 Å². The molecule has 0 bridgehead atoms. The van der Waals surface area contributed by atoms with Gasteiger partial charge in [0.1, 0.15) is 11.1 Å². The van der Waals surface area contributed by atoms with Gasteiger partial charge in [0, 0.05) is 53.6 Å². The summed E-state index contributed by atoms with van der Waals surface area (Å²) in [5.74, 6) is 2.01. The van der Waals surface area contributed by atoms with Crippen LogP contribution < -0.4 is 0 Å². The van der Waals surface area contributed by atoms with Crippen molar-refractivity contribution < 1.29 is 28.9 Å². The van der Waals surface area contributed by atoms with E-state index in [1.165, 1.54) is 38.9 Å². The molecule has 12 aromatic rings. The third-order valence-corrected chi connectivity index (χ3v) is 13.7. The van der Waals surface area contributed by atoms with Crippen molar-refractivity contribution in [1.29, 1.82) is 0 Å². The standard InChI is InChI=1S/C50H42N3O2.C15H16N.Ir/c1-28(2)37-25-33(30-14-9-8-10-15-30)26-38(29(3)4)44(37)53-45-34-17-12-11-16-31(34)20-22-41(45)51-48(53)36-19-13-18-35-40-24-32-21-23-42-47(55-49(52-42)50(5,6)7)39(32)27-43(40)54-46(35)36;1-15(2,3)13-9-10-16-14(11-13)12-7-5-4-6-8-12;/h8-18,20-29H,1-7H3;4-7,9-11H,1-3H3;/q2*-1;. The minimum Gasteiger partial charge on any atom is -0.501 e. The average molecular weight is 1120 g/mol. The predicted molar refractivity (Wildman–Crippen MR) is 295 cm³/mol. The Morgan fingerprint density at radius 2 is 1.25 bits per heavy atom. The Balaban J connectivity index is 0.000000300. The molecule has 4 aromatic heterocycles. The number of pyridine rings is 1. The van der Waals surface area contributed by atoms with Crippen LogP contribution >= 0.6 is 0 Å². The van der Waals surface area contributed by atoms with E-state index in [0.717, 1.165) is 88.8 Å². The van der Waals surface area contributed by atoms with Crippen LogP contribution in [0.25, 0.3) is 105 Å². The topological polar surface area (TPSA) is 69.9 Å². The van der Waals surface area contributed by atoms with Gasteiger partial charge in [-0.1, -0.05) is 153 Å². The molecular weight excluding hydrogens is 1060 g/mol. The predicted octanol–water partition coefficient (Wildman–Crippen LogP) is 17.9. The molecule has 1 radical (unpaired) electrons. The van der Waals surface area contributed by atoms with Crippen molar-refractivity contribution in [2.75, 3.05) is 0 Å². The van der Waals surface area contributed by atoms with E-state index in [4.69, 9.17) is 18.8 Å². The Morgan fingerprint density at radius 1 is 0.542 bits per heavy atom. The van der Waals surface area contributed by atoms with Gasteiger partial charge in [0.2, 0.25) is 5.89 Å². The third kappa shape index (κ3) is 8.73. The number of furan rings is 1. The molecule has 8 aromatic carbocycles. The molecule has 7 heteroatoms. The van der Waals surface area contributed by atoms with E-state index in [-0.39, 0.29) is 42.8 Å². The third-order valence-electron chi connectivity index (χ3n) is 13.7. The molecule has 0 spiro atoms. The number of rotatable bonds is 6. The minimum absolute atomic E-state index is 0. The average Bonchev–Trinajstić information content (AvgIpc) is 4.10. The number of fused-ring (bicyclic) bond motifs is 9. The van der Waals surface area contributed by atoms with E-state index in [9.17, 15) is 0 Å². The van der Waals surface area contributed by atoms with E-state index in [1.54, 1.807) is 0 Å². The molecule has 0 atom stereocenters. The molecule has 12 rings (SSSR count). The van der Waals surface area contributed by atoms with Gasteiger partial charge in [-0.25, -0.2) is 4.98 Å². The largest absolute Gasteiger partial charge is 0.501 e. The maximum absolute atomic E-state index is 6.93. The Labute approximate surface area is 435 Å². The Kier molecular flexibility index (Phi) is 12.6. The molecular formula is C65H58IrN4O2-2. The number of benzene rings is 8. The van der Waals surface area contributed by atoms with Gasteiger partial charge in [0.15, 0.2) is 5.58 Å². The molecule has 0 saturated heterocycles. The monoisotopic (exact) mass is 1120 g/mol. The second-order valence-corrected chi connectivity index (χ2v) is 21.5. The summed E-state index contributed by atoms with van der Waals surface area (Å²) in [6, 6.07) is 60.1. The van der Waals surface area contributed by atoms with Crippen LogP contribution in [0.15, 0.2) is 167 Å². The summed E-state index contributed by atoms with van der Waals surface area (Å²) in [5, 5.41) is 6.45. The van der Waals surface area contributed by atoms with Gasteiger partial charge in [0.25, 0.3) is 0 Å². The number of imidazole rings is 1. The maximum Gasteiger partial charge on any atom is 0.200 e. The van der Waals surface area contributed by atoms with E-state index in [0.29, 0.717) is 0 Å². The van der Waals surface area contributed by atoms with Crippen molar-refractivity contribution in [3.05, 3.63) is 193 Å². The molecule has 72 heavy (non-hydrogen) atoms. The molecule has 0 fully saturated rings. The van der Waals surface area contributed by atoms with Crippen molar-refractivity contribution in [1.82, 2.24) is 19.5 Å². The van der Waals surface area contributed by atoms with E-state index in [2.05, 4.69) is 212 Å². The summed E-state index contributed by atoms with van der Waals surface area (Å²) >= 11 is 0. The zero-order chi connectivity index (χ0) is 49.3. The summed E-state index contributed by atoms with van der Waals surface area (Å²) in [6.45, 7) is 22.2. The minimum atomic E-state index is -0.205. The van der Waals surface area contributed by atoms with Gasteiger partial charge >= 0.3 is 0 Å². The maximum atomic E-state index is 6.93. The fourth-order valence-corrected chi connectivity index (χ4v) is 9.87. The first kappa shape index (κ1) is 48.4. The summed E-state index contributed by atoms with van der Waals surface area (Å²) in [5.41, 5.74) is 15.5. The van der Waals surface area contributed by atoms with Gasteiger partial charge in [-0.05, 0) is 104 Å². The van der Waals surface area contributed by atoms with Gasteiger partial charge in [-0.3, -0.25) is 4.98 Å². The van der Waals surface area contributed by atoms with E-state index in [1.807, 2.05) is 36.5 Å². The number of oxazole rings is 1. The Hall–Kier alpha value is -7.18. The van der Waals surface area contributed by atoms with Gasteiger partial charge in [-0.2, -0.15) is 0 Å². The smallest absolute Gasteiger partial charge is 0.200 e. The van der Waals surface area contributed by atoms with Crippen LogP contribution in [0, 0.1) is 12.1 Å². The van der Waals surface area contributed by atoms with Crippen LogP contribution in [0.4, 0.5) is 0 Å². The second-order valence-electron chi connectivity index (χ2n) is 21.5. The Morgan fingerprint density at radius 3 is 1.96 bits per heavy atom. The summed E-state index contributed by atoms with van der Waals surface area (Å²) in [4.78, 5) is 14.7. The van der Waals surface area contributed by atoms with Crippen molar-refractivity contribution >= 4 is 65.6 Å². The Bertz CT molecular complexity index is 3930. The fourth-order valence-electron chi connectivity index (χ4n) is 9.87. The number of nitrogens with zero attached hydrogens (tertiary/aromatic N) is 4. The van der Waals surface area contributed by atoms with Crippen molar-refractivity contribution in [3.8, 4) is 39.5 Å². The van der Waals surface area contributed by atoms with Crippen LogP contribution in [0.2, 0.25) is 0 Å². The van der Waals surface area contributed by atoms with Gasteiger partial charge in [0.05, 0.1) is 22.4 Å². The number of aromatic nitrogens is 4. The summed E-state index contributed by atoms with van der Waals surface area (Å²) < 4.78 is 15.8. The van der Waals surface area contributed by atoms with Gasteiger partial charge in [-0.15, -0.1) is 54.1 Å². The SMILES string of the molecule is CC(C)(C)c1ccnc(-c2[c-]cccc2)c1.CC(C)c1cc(-c2ccccc2)cc(C(C)C)c1-n1c(-c2[c-]ccc3c2oc2cc4c(ccc5nc(C(C)(C)C)oc54)cc23)nc2ccc3ccccc3c21.[Ir]. The zero-order valence-corrected chi connectivity index (χ0v) is 45.0. The van der Waals surface area contributed by atoms with Crippen molar-refractivity contribution in [2.45, 2.75) is 91.9 Å². The molecule has 6 nitrogen and oxygen atoms in total. The van der Waals surface area contributed by atoms with Crippen LogP contribution in [0.5, 0.6) is 0 Å². The quantitative estimate of drug-likeness (QED) is 0.155. The van der Waals surface area contributed by atoms with Crippen LogP contribution in [0.3, 0.4) is 0 Å². The number of hydrogen-bond donors (Lipinski definition) is 0. The van der Waals surface area contributed by atoms with E-state index >= 15 is 0 Å². The molecule has 0 aliphatic carbocycles. The number of hydrogen-bond acceptors (Lipinski definition) is 5. The summed E-state index contributed by atoms with van der Waals surface area (Å²) in [6.07, 6.45) is 1.87. The van der Waals surface area contributed by atoms with Crippen molar-refractivity contribution in [2.24, 2.45) is 0 Å². The van der Waals surface area contributed by atoms with Crippen LogP contribution in [0.1, 0.15) is 104 Å². The fraction of sp³-hybridized carbons (Fsp3) is 0.215. The zero-order valence-electron chi connectivity index (χ0n) is 42.6. The molecule has 0 amide bonds. The summed E-state index contributed by atoms with van der Waals surface area (Å²) in [7, 11) is 0. The van der Waals surface area contributed by atoms with Crippen LogP contribution in [-0.2, 0) is 30.9 Å². The molecule has 4 heterocycles. The first-order valence-electron chi connectivity index (χ1n) is 24.8. The molecule has 0 saturated carbocycles. The molecule has 361 valence electrons. The molecule has 0 unspecified atom stereocenters. The van der Waals surface area contributed by atoms with E-state index < -0.39 is 0 Å². The van der Waals surface area contributed by atoms with Gasteiger partial charge < -0.3 is 18.4 Å². The molecule has 0 aliphatic heterocycles. The molecule has 0 N–H and O–H groups in total. The normalized spacial score (nSPS) is 12.2. The van der Waals surface area contributed by atoms with Crippen molar-refractivity contribution in [3.63, 3.8) is 0 Å². The molecule has 0 aliphatic rings.